The number of hydrogen-bond acceptors (Lipinski definition) is 2. The second-order valence-corrected chi connectivity index (χ2v) is 9.83. The van der Waals surface area contributed by atoms with Crippen LogP contribution < -0.4 is 0 Å². The molecule has 1 aliphatic carbocycles. The molecular formula is C28H35NS. The first-order valence-electron chi connectivity index (χ1n) is 11.6. The topological polar surface area (TPSA) is 3.24 Å². The van der Waals surface area contributed by atoms with E-state index in [9.17, 15) is 0 Å². The van der Waals surface area contributed by atoms with Crippen molar-refractivity contribution in [2.45, 2.75) is 44.4 Å². The van der Waals surface area contributed by atoms with E-state index in [1.54, 1.807) is 16.9 Å². The SMILES string of the molecule is c1ccc(CC2CCC(CN3CCC(c4ccccc4)CC3)C2)cc1.c1ccsc1. The van der Waals surface area contributed by atoms with Crippen LogP contribution in [0.3, 0.4) is 0 Å². The minimum atomic E-state index is 0.784. The lowest BCUT2D eigenvalue weighted by Gasteiger charge is -2.33. The lowest BCUT2D eigenvalue weighted by molar-refractivity contribution is 0.182. The van der Waals surface area contributed by atoms with Gasteiger partial charge >= 0.3 is 0 Å². The summed E-state index contributed by atoms with van der Waals surface area (Å²) in [6.45, 7) is 3.92. The molecule has 2 unspecified atom stereocenters. The van der Waals surface area contributed by atoms with Crippen LogP contribution in [-0.2, 0) is 6.42 Å². The van der Waals surface area contributed by atoms with Crippen molar-refractivity contribution in [3.05, 3.63) is 94.7 Å². The van der Waals surface area contributed by atoms with Crippen molar-refractivity contribution in [3.63, 3.8) is 0 Å². The maximum absolute atomic E-state index is 2.75. The van der Waals surface area contributed by atoms with Gasteiger partial charge < -0.3 is 4.90 Å². The predicted molar refractivity (Wildman–Crippen MR) is 130 cm³/mol. The summed E-state index contributed by atoms with van der Waals surface area (Å²) in [5, 5.41) is 4.08. The zero-order valence-corrected chi connectivity index (χ0v) is 18.9. The van der Waals surface area contributed by atoms with Gasteiger partial charge in [-0.1, -0.05) is 72.8 Å². The first-order valence-corrected chi connectivity index (χ1v) is 12.6. The van der Waals surface area contributed by atoms with Crippen LogP contribution in [0.4, 0.5) is 0 Å². The van der Waals surface area contributed by atoms with Crippen LogP contribution in [0.2, 0.25) is 0 Å². The van der Waals surface area contributed by atoms with Gasteiger partial charge in [-0.15, -0.1) is 0 Å². The van der Waals surface area contributed by atoms with E-state index in [1.807, 2.05) is 22.9 Å². The van der Waals surface area contributed by atoms with Crippen molar-refractivity contribution in [3.8, 4) is 0 Å². The van der Waals surface area contributed by atoms with Gasteiger partial charge in [0.25, 0.3) is 0 Å². The minimum absolute atomic E-state index is 0.784. The number of likely N-dealkylation sites (tertiary alicyclic amines) is 1. The lowest BCUT2D eigenvalue weighted by Crippen LogP contribution is -2.36. The lowest BCUT2D eigenvalue weighted by atomic mass is 9.89. The third kappa shape index (κ3) is 6.55. The van der Waals surface area contributed by atoms with Gasteiger partial charge in [0.15, 0.2) is 0 Å². The number of hydrogen-bond donors (Lipinski definition) is 0. The average Bonchev–Trinajstić information content (AvgIpc) is 3.52. The fraction of sp³-hybridized carbons (Fsp3) is 0.429. The van der Waals surface area contributed by atoms with Crippen molar-refractivity contribution in [2.75, 3.05) is 19.6 Å². The average molecular weight is 418 g/mol. The Bertz CT molecular complexity index is 789. The summed E-state index contributed by atoms with van der Waals surface area (Å²) < 4.78 is 0. The van der Waals surface area contributed by atoms with E-state index in [4.69, 9.17) is 0 Å². The summed E-state index contributed by atoms with van der Waals surface area (Å²) in [6.07, 6.45) is 8.27. The molecule has 2 aliphatic rings. The molecule has 1 aromatic heterocycles. The van der Waals surface area contributed by atoms with Crippen LogP contribution in [0.5, 0.6) is 0 Å². The first kappa shape index (κ1) is 21.3. The second kappa shape index (κ2) is 11.5. The molecule has 1 aliphatic heterocycles. The Hall–Kier alpha value is -1.90. The highest BCUT2D eigenvalue weighted by Gasteiger charge is 2.28. The van der Waals surface area contributed by atoms with Gasteiger partial charge in [0.05, 0.1) is 0 Å². The number of rotatable bonds is 5. The third-order valence-electron chi connectivity index (χ3n) is 6.82. The molecular weight excluding hydrogens is 382 g/mol. The van der Waals surface area contributed by atoms with Crippen molar-refractivity contribution < 1.29 is 0 Å². The van der Waals surface area contributed by atoms with Gasteiger partial charge in [0, 0.05) is 6.54 Å². The molecule has 2 heteroatoms. The summed E-state index contributed by atoms with van der Waals surface area (Å²) in [5.74, 6) is 2.63. The number of nitrogens with zero attached hydrogens (tertiary/aromatic N) is 1. The molecule has 5 rings (SSSR count). The maximum atomic E-state index is 2.75. The summed E-state index contributed by atoms with van der Waals surface area (Å²) in [5.41, 5.74) is 3.07. The molecule has 2 aromatic carbocycles. The summed E-state index contributed by atoms with van der Waals surface area (Å²) in [7, 11) is 0. The number of benzene rings is 2. The highest BCUT2D eigenvalue weighted by atomic mass is 32.1. The molecule has 1 nitrogen and oxygen atoms in total. The van der Waals surface area contributed by atoms with Gasteiger partial charge in [-0.25, -0.2) is 0 Å². The number of thiophene rings is 1. The van der Waals surface area contributed by atoms with E-state index in [0.29, 0.717) is 0 Å². The summed E-state index contributed by atoms with van der Waals surface area (Å²) in [4.78, 5) is 2.75. The fourth-order valence-electron chi connectivity index (χ4n) is 5.24. The Morgan fingerprint density at radius 1 is 0.700 bits per heavy atom. The van der Waals surface area contributed by atoms with Gasteiger partial charge in [0.2, 0.25) is 0 Å². The molecule has 158 valence electrons. The second-order valence-electron chi connectivity index (χ2n) is 9.01. The largest absolute Gasteiger partial charge is 0.303 e. The van der Waals surface area contributed by atoms with Crippen molar-refractivity contribution in [2.24, 2.45) is 11.8 Å². The summed E-state index contributed by atoms with van der Waals surface area (Å²) in [6, 6.07) is 26.2. The van der Waals surface area contributed by atoms with Gasteiger partial charge in [0.1, 0.15) is 0 Å². The van der Waals surface area contributed by atoms with Crippen LogP contribution in [0.25, 0.3) is 0 Å². The highest BCUT2D eigenvalue weighted by Crippen LogP contribution is 2.35. The Kier molecular flexibility index (Phi) is 8.17. The first-order chi connectivity index (χ1) is 14.9. The molecule has 0 amide bonds. The molecule has 0 radical (unpaired) electrons. The van der Waals surface area contributed by atoms with Crippen molar-refractivity contribution >= 4 is 11.3 Å². The zero-order chi connectivity index (χ0) is 20.4. The van der Waals surface area contributed by atoms with E-state index >= 15 is 0 Å². The molecule has 0 bridgehead atoms. The van der Waals surface area contributed by atoms with E-state index < -0.39 is 0 Å². The van der Waals surface area contributed by atoms with E-state index in [1.165, 1.54) is 63.7 Å². The Morgan fingerprint density at radius 3 is 1.97 bits per heavy atom. The third-order valence-corrected chi connectivity index (χ3v) is 7.45. The van der Waals surface area contributed by atoms with Crippen LogP contribution in [0, 0.1) is 11.8 Å². The quantitative estimate of drug-likeness (QED) is 0.422. The fourth-order valence-corrected chi connectivity index (χ4v) is 5.70. The molecule has 0 spiro atoms. The highest BCUT2D eigenvalue weighted by molar-refractivity contribution is 7.07. The van der Waals surface area contributed by atoms with Gasteiger partial charge in [-0.2, -0.15) is 11.3 Å². The van der Waals surface area contributed by atoms with E-state index in [2.05, 4.69) is 65.6 Å². The molecule has 2 fully saturated rings. The van der Waals surface area contributed by atoms with Crippen molar-refractivity contribution in [1.29, 1.82) is 0 Å². The van der Waals surface area contributed by atoms with E-state index in [0.717, 1.165) is 17.8 Å². The van der Waals surface area contributed by atoms with Crippen LogP contribution in [-0.4, -0.2) is 24.5 Å². The zero-order valence-electron chi connectivity index (χ0n) is 18.0. The van der Waals surface area contributed by atoms with Crippen LogP contribution >= 0.6 is 11.3 Å². The van der Waals surface area contributed by atoms with Crippen LogP contribution in [0.15, 0.2) is 83.6 Å². The predicted octanol–water partition coefficient (Wildman–Crippen LogP) is 7.27. The number of piperidine rings is 1. The molecule has 1 saturated carbocycles. The van der Waals surface area contributed by atoms with Gasteiger partial charge in [-0.3, -0.25) is 0 Å². The minimum Gasteiger partial charge on any atom is -0.303 e. The normalized spacial score (nSPS) is 22.4. The molecule has 2 atom stereocenters. The molecule has 3 aromatic rings. The summed E-state index contributed by atoms with van der Waals surface area (Å²) >= 11 is 1.71. The smallest absolute Gasteiger partial charge is 0.000977 e. The molecule has 2 heterocycles. The monoisotopic (exact) mass is 417 g/mol. The standard InChI is InChI=1S/C24H31N.C4H4S/c1-3-7-20(8-4-1)17-21-11-12-22(18-21)19-25-15-13-24(14-16-25)23-9-5-2-6-10-23;1-2-4-5-3-1/h1-10,21-22,24H,11-19H2;1-4H. The Balaban J connectivity index is 0.000000383. The van der Waals surface area contributed by atoms with Crippen molar-refractivity contribution in [1.82, 2.24) is 4.90 Å². The van der Waals surface area contributed by atoms with Gasteiger partial charge in [-0.05, 0) is 91.3 Å². The Morgan fingerprint density at radius 2 is 1.33 bits per heavy atom. The Labute approximate surface area is 186 Å². The maximum Gasteiger partial charge on any atom is 0.000977 e. The van der Waals surface area contributed by atoms with Crippen LogP contribution in [0.1, 0.15) is 49.1 Å². The van der Waals surface area contributed by atoms with E-state index in [-0.39, 0.29) is 0 Å². The molecule has 0 N–H and O–H groups in total. The molecule has 30 heavy (non-hydrogen) atoms. The molecule has 1 saturated heterocycles.